The highest BCUT2D eigenvalue weighted by molar-refractivity contribution is 6.43. The van der Waals surface area contributed by atoms with Crippen molar-refractivity contribution in [1.29, 1.82) is 0 Å². The van der Waals surface area contributed by atoms with E-state index in [1.54, 1.807) is 42.9 Å². The third kappa shape index (κ3) is 26.5. The van der Waals surface area contributed by atoms with Crippen molar-refractivity contribution in [3.05, 3.63) is 164 Å². The summed E-state index contributed by atoms with van der Waals surface area (Å²) in [5.74, 6) is 6.43. The lowest BCUT2D eigenvalue weighted by molar-refractivity contribution is -0.116. The van der Waals surface area contributed by atoms with Gasteiger partial charge in [0.1, 0.15) is 74.6 Å². The molecule has 0 radical (unpaired) electrons. The summed E-state index contributed by atoms with van der Waals surface area (Å²) >= 11 is 53.1. The molecule has 0 amide bonds. The fourth-order valence-electron chi connectivity index (χ4n) is 17.2. The first-order chi connectivity index (χ1) is 72.0. The summed E-state index contributed by atoms with van der Waals surface area (Å²) in [6, 6.07) is 12.9. The molecule has 8 atom stereocenters. The van der Waals surface area contributed by atoms with Crippen molar-refractivity contribution in [2.75, 3.05) is 192 Å². The normalized spacial score (nSPS) is 17.6. The third-order valence-corrected chi connectivity index (χ3v) is 28.2. The van der Waals surface area contributed by atoms with Gasteiger partial charge < -0.3 is 98.5 Å². The molecule has 4 aromatic carbocycles. The molecule has 4 saturated heterocycles. The molecule has 1 saturated carbocycles. The molecule has 0 bridgehead atoms. The van der Waals surface area contributed by atoms with Crippen LogP contribution >= 0.6 is 92.8 Å². The molecule has 17 rings (SSSR count). The van der Waals surface area contributed by atoms with Crippen LogP contribution in [0.25, 0.3) is 88.6 Å². The Hall–Kier alpha value is -12.8. The highest BCUT2D eigenvalue weighted by Gasteiger charge is 2.38. The topological polar surface area (TPSA) is 412 Å². The Morgan fingerprint density at radius 1 is 0.373 bits per heavy atom. The molecular formula is C103H109Cl8F3N20O16. The summed E-state index contributed by atoms with van der Waals surface area (Å²) in [6.45, 7) is 19.8. The minimum absolute atomic E-state index is 0.0101. The van der Waals surface area contributed by atoms with Crippen molar-refractivity contribution < 1.29 is 89.2 Å². The van der Waals surface area contributed by atoms with Crippen molar-refractivity contribution in [2.24, 2.45) is 29.6 Å². The lowest BCUT2D eigenvalue weighted by Gasteiger charge is -2.22. The van der Waals surface area contributed by atoms with E-state index >= 15 is 0 Å². The number of anilines is 8. The standard InChI is InChI=1S/C28H31Cl2N5O4.C25H24Cl2F3N5O4.2C25H27Cl2N5O4/c1-5-18(36)8-17-13-39-14-20(17)33-28-31-11-16-9-19(23-24(29)21(37-3)10-22(38-4)25(23)30)32-27(26(16)34-28)35(2)12-15-6-7-15;1-4-14(36)5-13-9-39-10-16(13)34-24-31-8-12-6-15(33-23(22(12)35-24)32-11-25(28,29)30)19-20(26)17(37-2)7-18(38-3)21(19)27;1-6-15(33)7-14-11-36-12-17(14)30-25-28-10-13-8-16(29-24(32(2)3)23(13)31-25)20-21(26)18(34-4)9-19(35-5)22(20)27;1-5-15(33)7-14-11-36-12-17(14)31-25-29-10-13-8-16(30-24(28-6-2)23(13)32-25)20-21(26)18(34-3)9-19(35-4)22(20)27/h5,9-11,15,17,20H,1,6-8,12-14H2,2-4H3,(H,31,33,34);4,6-8,13,16H,1,5,9-11H2,2-3H3,(H,32,33)(H,31,34,35);6,8-10,14,17H,1,7,11-12H2,2-5H3,(H,28,30,31);5,8-10,14,17H,1,6-7,11-12H2,2-4H3,(H,28,30)(H,29,31,32)/t17-,20+;13-,16+;2*14-,17+/m0000/s1. The highest BCUT2D eigenvalue weighted by Crippen LogP contribution is 2.52. The lowest BCUT2D eigenvalue weighted by atomic mass is 9.97. The van der Waals surface area contributed by atoms with Crippen molar-refractivity contribution in [3.63, 3.8) is 0 Å². The van der Waals surface area contributed by atoms with Gasteiger partial charge in [-0.2, -0.15) is 13.2 Å². The van der Waals surface area contributed by atoms with E-state index in [9.17, 15) is 32.3 Å². The number of rotatable bonds is 40. The maximum atomic E-state index is 13.2. The van der Waals surface area contributed by atoms with Gasteiger partial charge in [0.2, 0.25) is 23.8 Å². The van der Waals surface area contributed by atoms with Gasteiger partial charge in [-0.1, -0.05) is 119 Å². The number of methoxy groups -OCH3 is 8. The number of carbonyl (C=O) groups excluding carboxylic acids is 4. The van der Waals surface area contributed by atoms with E-state index < -0.39 is 12.7 Å². The van der Waals surface area contributed by atoms with E-state index in [0.29, 0.717) is 240 Å². The SMILES string of the molecule is C=CC(=O)C[C@H]1COC[C@H]1Nc1ncc2cc(-c3c(Cl)c(OC)cc(OC)c3Cl)nc(N(C)C)c2n1.C=CC(=O)C[C@H]1COC[C@H]1Nc1ncc2cc(-c3c(Cl)c(OC)cc(OC)c3Cl)nc(N(C)CC3CC3)c2n1.C=CC(=O)C[C@H]1COC[C@H]1Nc1ncc2cc(-c3c(Cl)c(OC)cc(OC)c3Cl)nc(NCC(F)(F)F)c2n1.C=CC(=O)C[C@H]1COC[C@H]1Nc1ncc2cc(-c3c(Cl)c(OC)cc(OC)c3Cl)nc(NCC)c2n1. The Morgan fingerprint density at radius 3 is 0.880 bits per heavy atom. The van der Waals surface area contributed by atoms with Gasteiger partial charge in [-0.15, -0.1) is 0 Å². The Balaban J connectivity index is 0.000000158. The molecule has 36 nitrogen and oxygen atoms in total. The maximum Gasteiger partial charge on any atom is 0.405 e. The number of nitrogens with zero attached hydrogens (tertiary/aromatic N) is 14. The molecule has 794 valence electrons. The second-order valence-electron chi connectivity index (χ2n) is 35.4. The molecule has 6 N–H and O–H groups in total. The first-order valence-electron chi connectivity index (χ1n) is 47.1. The fourth-order valence-corrected chi connectivity index (χ4v) is 20.0. The number of aromatic nitrogens is 12. The van der Waals surface area contributed by atoms with Crippen LogP contribution in [0.2, 0.25) is 40.2 Å². The molecule has 1 aliphatic carbocycles. The van der Waals surface area contributed by atoms with Gasteiger partial charge in [0, 0.05) is 176 Å². The first kappa shape index (κ1) is 113. The van der Waals surface area contributed by atoms with Gasteiger partial charge in [0.25, 0.3) is 0 Å². The zero-order valence-corrected chi connectivity index (χ0v) is 89.8. The van der Waals surface area contributed by atoms with Crippen LogP contribution in [0.1, 0.15) is 45.4 Å². The zero-order valence-electron chi connectivity index (χ0n) is 83.7. The number of pyridine rings is 4. The summed E-state index contributed by atoms with van der Waals surface area (Å²) < 4.78 is 105. The second-order valence-corrected chi connectivity index (χ2v) is 38.5. The van der Waals surface area contributed by atoms with Crippen molar-refractivity contribution >= 4 is 207 Å². The van der Waals surface area contributed by atoms with E-state index in [2.05, 4.69) is 93.0 Å². The maximum absolute atomic E-state index is 13.2. The van der Waals surface area contributed by atoms with Crippen LogP contribution in [-0.2, 0) is 38.1 Å². The van der Waals surface area contributed by atoms with Gasteiger partial charge in [-0.05, 0) is 74.3 Å². The monoisotopic (exact) mass is 2220 g/mol. The number of ketones is 4. The van der Waals surface area contributed by atoms with E-state index in [-0.39, 0.29) is 127 Å². The fraction of sp³-hybridized carbons (Fsp3) is 0.379. The van der Waals surface area contributed by atoms with Gasteiger partial charge in [0.05, 0.1) is 197 Å². The predicted molar refractivity (Wildman–Crippen MR) is 579 cm³/mol. The Kier molecular flexibility index (Phi) is 38.3. The number of fused-ring (bicyclic) bond motifs is 4. The third-order valence-electron chi connectivity index (χ3n) is 25.2. The Labute approximate surface area is 902 Å². The summed E-state index contributed by atoms with van der Waals surface area (Å²) in [5, 5.41) is 23.5. The number of carbonyl (C=O) groups is 4. The zero-order chi connectivity index (χ0) is 108. The number of ether oxygens (including phenoxy) is 12. The molecule has 0 spiro atoms. The number of hydrogen-bond acceptors (Lipinski definition) is 36. The summed E-state index contributed by atoms with van der Waals surface area (Å²) in [7, 11) is 17.7. The molecule has 0 unspecified atom stereocenters. The predicted octanol–water partition coefficient (Wildman–Crippen LogP) is 20.7. The molecule has 12 heterocycles. The number of alkyl halides is 3. The van der Waals surface area contributed by atoms with E-state index in [0.717, 1.165) is 22.7 Å². The van der Waals surface area contributed by atoms with Gasteiger partial charge in [0.15, 0.2) is 46.4 Å². The van der Waals surface area contributed by atoms with Crippen LogP contribution in [0.4, 0.5) is 60.2 Å². The van der Waals surface area contributed by atoms with Gasteiger partial charge in [-0.3, -0.25) is 19.2 Å². The largest absolute Gasteiger partial charge is 0.495 e. The van der Waals surface area contributed by atoms with Crippen molar-refractivity contribution in [3.8, 4) is 91.0 Å². The average molecular weight is 2220 g/mol. The lowest BCUT2D eigenvalue weighted by Crippen LogP contribution is -2.30. The van der Waals surface area contributed by atoms with Crippen LogP contribution in [0.3, 0.4) is 0 Å². The minimum Gasteiger partial charge on any atom is -0.495 e. The molecular weight excluding hydrogens is 2110 g/mol. The van der Waals surface area contributed by atoms with Crippen molar-refractivity contribution in [2.45, 2.75) is 75.8 Å². The number of nitrogens with one attached hydrogen (secondary N) is 6. The summed E-state index contributed by atoms with van der Waals surface area (Å²) in [4.78, 5) is 107. The van der Waals surface area contributed by atoms with E-state index in [1.807, 2.05) is 51.2 Å². The number of halogens is 11. The molecule has 12 aromatic rings. The number of hydrogen-bond donors (Lipinski definition) is 6. The van der Waals surface area contributed by atoms with Crippen LogP contribution < -0.4 is 79.6 Å². The van der Waals surface area contributed by atoms with E-state index in [4.69, 9.17) is 180 Å². The number of allylic oxidation sites excluding steroid dienone is 4. The highest BCUT2D eigenvalue weighted by atomic mass is 35.5. The summed E-state index contributed by atoms with van der Waals surface area (Å²) in [5.41, 5.74) is 5.51. The Bertz CT molecular complexity index is 6980. The van der Waals surface area contributed by atoms with Crippen molar-refractivity contribution in [1.82, 2.24) is 59.8 Å². The van der Waals surface area contributed by atoms with Crippen LogP contribution in [-0.4, -0.2) is 264 Å². The molecule has 5 aliphatic rings. The Morgan fingerprint density at radius 2 is 0.627 bits per heavy atom. The second kappa shape index (κ2) is 50.9. The molecule has 4 aliphatic heterocycles. The van der Waals surface area contributed by atoms with Gasteiger partial charge >= 0.3 is 6.18 Å². The average Bonchev–Trinajstić information content (AvgIpc) is 0.802. The summed E-state index contributed by atoms with van der Waals surface area (Å²) in [6.07, 6.45) is 11.0. The molecule has 150 heavy (non-hydrogen) atoms. The number of benzene rings is 4. The van der Waals surface area contributed by atoms with E-state index in [1.165, 1.54) is 106 Å². The van der Waals surface area contributed by atoms with Gasteiger partial charge in [-0.25, -0.2) is 59.8 Å². The molecule has 5 fully saturated rings. The van der Waals surface area contributed by atoms with Crippen LogP contribution in [0.15, 0.2) is 124 Å². The molecule has 47 heteroatoms. The quantitative estimate of drug-likeness (QED) is 0.0194. The minimum atomic E-state index is -4.53. The molecule has 8 aromatic heterocycles. The smallest absolute Gasteiger partial charge is 0.405 e. The first-order valence-corrected chi connectivity index (χ1v) is 50.1. The van der Waals surface area contributed by atoms with Crippen LogP contribution in [0, 0.1) is 29.6 Å². The van der Waals surface area contributed by atoms with Crippen LogP contribution in [0.5, 0.6) is 46.0 Å².